The van der Waals surface area contributed by atoms with Crippen molar-refractivity contribution in [2.75, 3.05) is 7.05 Å². The zero-order valence-corrected chi connectivity index (χ0v) is 13.8. The summed E-state index contributed by atoms with van der Waals surface area (Å²) < 4.78 is 0. The molecule has 0 saturated carbocycles. The quantitative estimate of drug-likeness (QED) is 0.913. The topological polar surface area (TPSA) is 29.3 Å². The van der Waals surface area contributed by atoms with Crippen LogP contribution in [0.2, 0.25) is 0 Å². The average Bonchev–Trinajstić information content (AvgIpc) is 2.67. The van der Waals surface area contributed by atoms with Crippen LogP contribution in [0, 0.1) is 11.8 Å². The molecule has 2 bridgehead atoms. The minimum atomic E-state index is 0.217. The molecule has 2 N–H and O–H groups in total. The lowest BCUT2D eigenvalue weighted by atomic mass is 9.82. The number of hydrogen-bond acceptors (Lipinski definition) is 2. The van der Waals surface area contributed by atoms with Crippen LogP contribution < -0.4 is 5.73 Å². The first-order chi connectivity index (χ1) is 10.0. The van der Waals surface area contributed by atoms with Crippen LogP contribution in [0.5, 0.6) is 0 Å². The summed E-state index contributed by atoms with van der Waals surface area (Å²) in [6.45, 7) is 4.56. The van der Waals surface area contributed by atoms with Gasteiger partial charge in [-0.15, -0.1) is 0 Å². The number of nitrogens with zero attached hydrogens (tertiary/aromatic N) is 1. The molecule has 2 aliphatic heterocycles. The molecule has 2 saturated heterocycles. The van der Waals surface area contributed by atoms with Crippen molar-refractivity contribution in [1.82, 2.24) is 4.90 Å². The number of rotatable bonds is 4. The number of piperidine rings is 1. The van der Waals surface area contributed by atoms with Crippen LogP contribution in [0.3, 0.4) is 0 Å². The molecule has 0 aromatic heterocycles. The summed E-state index contributed by atoms with van der Waals surface area (Å²) >= 11 is 0. The van der Waals surface area contributed by atoms with Gasteiger partial charge in [-0.05, 0) is 62.1 Å². The lowest BCUT2D eigenvalue weighted by Crippen LogP contribution is -2.42. The van der Waals surface area contributed by atoms with Gasteiger partial charge in [-0.2, -0.15) is 0 Å². The van der Waals surface area contributed by atoms with Gasteiger partial charge in [0.05, 0.1) is 0 Å². The maximum atomic E-state index is 6.65. The Morgan fingerprint density at radius 3 is 2.48 bits per heavy atom. The zero-order chi connectivity index (χ0) is 15.0. The molecule has 0 aliphatic carbocycles. The average molecular weight is 286 g/mol. The number of nitrogens with two attached hydrogens (primary N) is 1. The Bertz CT molecular complexity index is 468. The van der Waals surface area contributed by atoms with Crippen molar-refractivity contribution in [3.8, 4) is 0 Å². The van der Waals surface area contributed by atoms with E-state index in [1.165, 1.54) is 36.8 Å². The van der Waals surface area contributed by atoms with Crippen molar-refractivity contribution in [2.45, 2.75) is 64.1 Å². The van der Waals surface area contributed by atoms with Gasteiger partial charge in [0.15, 0.2) is 0 Å². The van der Waals surface area contributed by atoms with Gasteiger partial charge >= 0.3 is 0 Å². The maximum absolute atomic E-state index is 6.65. The summed E-state index contributed by atoms with van der Waals surface area (Å²) in [4.78, 5) is 2.60. The van der Waals surface area contributed by atoms with Gasteiger partial charge < -0.3 is 10.6 Å². The van der Waals surface area contributed by atoms with E-state index in [9.17, 15) is 0 Å². The van der Waals surface area contributed by atoms with Crippen LogP contribution in [-0.2, 0) is 6.42 Å². The van der Waals surface area contributed by atoms with Crippen LogP contribution >= 0.6 is 0 Å². The first kappa shape index (κ1) is 15.1. The summed E-state index contributed by atoms with van der Waals surface area (Å²) in [6.07, 6.45) is 6.46. The van der Waals surface area contributed by atoms with Crippen molar-refractivity contribution in [2.24, 2.45) is 17.6 Å². The fourth-order valence-corrected chi connectivity index (χ4v) is 4.42. The third kappa shape index (κ3) is 3.17. The molecule has 2 aliphatic rings. The third-order valence-corrected chi connectivity index (χ3v) is 5.62. The standard InChI is InChI=1S/C19H30N2/c1-13(2)9-14-5-4-6-15(10-14)19(20)16-11-17-7-8-18(12-16)21(17)3/h4-6,10,13,16-19H,7-9,11-12,20H2,1-3H3. The molecular weight excluding hydrogens is 256 g/mol. The molecule has 1 aromatic rings. The Labute approximate surface area is 129 Å². The zero-order valence-electron chi connectivity index (χ0n) is 13.8. The van der Waals surface area contributed by atoms with Gasteiger partial charge in [0, 0.05) is 18.1 Å². The second-order valence-electron chi connectivity index (χ2n) is 7.65. The Morgan fingerprint density at radius 1 is 1.19 bits per heavy atom. The van der Waals surface area contributed by atoms with E-state index in [0.29, 0.717) is 11.8 Å². The Balaban J connectivity index is 1.72. The molecule has 3 atom stereocenters. The summed E-state index contributed by atoms with van der Waals surface area (Å²) in [5.74, 6) is 1.36. The van der Waals surface area contributed by atoms with Crippen LogP contribution in [0.4, 0.5) is 0 Å². The van der Waals surface area contributed by atoms with Crippen molar-refractivity contribution in [3.63, 3.8) is 0 Å². The van der Waals surface area contributed by atoms with Gasteiger partial charge in [-0.25, -0.2) is 0 Å². The van der Waals surface area contributed by atoms with Crippen molar-refractivity contribution >= 4 is 0 Å². The second-order valence-corrected chi connectivity index (χ2v) is 7.65. The largest absolute Gasteiger partial charge is 0.324 e. The van der Waals surface area contributed by atoms with Crippen LogP contribution in [0.1, 0.15) is 56.7 Å². The van der Waals surface area contributed by atoms with Crippen molar-refractivity contribution in [3.05, 3.63) is 35.4 Å². The van der Waals surface area contributed by atoms with Gasteiger partial charge in [0.1, 0.15) is 0 Å². The molecule has 0 spiro atoms. The minimum Gasteiger partial charge on any atom is -0.324 e. The summed E-state index contributed by atoms with van der Waals surface area (Å²) in [5, 5.41) is 0. The molecule has 3 rings (SSSR count). The minimum absolute atomic E-state index is 0.217. The summed E-state index contributed by atoms with van der Waals surface area (Å²) in [5.41, 5.74) is 9.44. The normalized spacial score (nSPS) is 30.8. The monoisotopic (exact) mass is 286 g/mol. The van der Waals surface area contributed by atoms with Gasteiger partial charge in [-0.3, -0.25) is 0 Å². The highest BCUT2D eigenvalue weighted by Gasteiger charge is 2.40. The highest BCUT2D eigenvalue weighted by Crippen LogP contribution is 2.41. The highest BCUT2D eigenvalue weighted by atomic mass is 15.2. The molecule has 2 fully saturated rings. The van der Waals surface area contributed by atoms with Crippen molar-refractivity contribution in [1.29, 1.82) is 0 Å². The summed E-state index contributed by atoms with van der Waals surface area (Å²) in [7, 11) is 2.30. The third-order valence-electron chi connectivity index (χ3n) is 5.62. The SMILES string of the molecule is CC(C)Cc1cccc(C(N)C2CC3CCC(C2)N3C)c1. The number of fused-ring (bicyclic) bond motifs is 2. The number of benzene rings is 1. The van der Waals surface area contributed by atoms with E-state index in [1.807, 2.05) is 0 Å². The lowest BCUT2D eigenvalue weighted by Gasteiger charge is -2.39. The van der Waals surface area contributed by atoms with E-state index in [1.54, 1.807) is 0 Å². The second kappa shape index (κ2) is 6.10. The predicted molar refractivity (Wildman–Crippen MR) is 89.2 cm³/mol. The smallest absolute Gasteiger partial charge is 0.0324 e. The van der Waals surface area contributed by atoms with Gasteiger partial charge in [0.25, 0.3) is 0 Å². The fraction of sp³-hybridized carbons (Fsp3) is 0.684. The highest BCUT2D eigenvalue weighted by molar-refractivity contribution is 5.27. The van der Waals surface area contributed by atoms with E-state index < -0.39 is 0 Å². The van der Waals surface area contributed by atoms with E-state index in [-0.39, 0.29) is 6.04 Å². The molecule has 1 aromatic carbocycles. The molecular formula is C19H30N2. The predicted octanol–water partition coefficient (Wildman–Crippen LogP) is 3.76. The molecule has 3 unspecified atom stereocenters. The summed E-state index contributed by atoms with van der Waals surface area (Å²) in [6, 6.07) is 10.8. The van der Waals surface area contributed by atoms with E-state index >= 15 is 0 Å². The Kier molecular flexibility index (Phi) is 4.37. The molecule has 0 amide bonds. The Morgan fingerprint density at radius 2 is 1.86 bits per heavy atom. The van der Waals surface area contributed by atoms with E-state index in [0.717, 1.165) is 18.5 Å². The van der Waals surface area contributed by atoms with E-state index in [2.05, 4.69) is 50.1 Å². The number of hydrogen-bond donors (Lipinski definition) is 1. The molecule has 116 valence electrons. The van der Waals surface area contributed by atoms with Crippen LogP contribution in [0.25, 0.3) is 0 Å². The van der Waals surface area contributed by atoms with E-state index in [4.69, 9.17) is 5.73 Å². The first-order valence-electron chi connectivity index (χ1n) is 8.61. The first-order valence-corrected chi connectivity index (χ1v) is 8.61. The molecule has 2 heteroatoms. The molecule has 21 heavy (non-hydrogen) atoms. The molecule has 2 heterocycles. The van der Waals surface area contributed by atoms with Gasteiger partial charge in [0.2, 0.25) is 0 Å². The molecule has 2 nitrogen and oxygen atoms in total. The molecule has 0 radical (unpaired) electrons. The van der Waals surface area contributed by atoms with Gasteiger partial charge in [-0.1, -0.05) is 38.1 Å². The maximum Gasteiger partial charge on any atom is 0.0324 e. The Hall–Kier alpha value is -0.860. The fourth-order valence-electron chi connectivity index (χ4n) is 4.42. The van der Waals surface area contributed by atoms with Crippen LogP contribution in [-0.4, -0.2) is 24.0 Å². The lowest BCUT2D eigenvalue weighted by molar-refractivity contribution is 0.121. The van der Waals surface area contributed by atoms with Crippen molar-refractivity contribution < 1.29 is 0 Å². The van der Waals surface area contributed by atoms with Crippen LogP contribution in [0.15, 0.2) is 24.3 Å².